The number of hydrogen-bond donors (Lipinski definition) is 2. The van der Waals surface area contributed by atoms with Crippen LogP contribution in [0.15, 0.2) is 36.7 Å². The number of benzene rings is 1. The van der Waals surface area contributed by atoms with Gasteiger partial charge in [-0.3, -0.25) is 4.98 Å². The third kappa shape index (κ3) is 2.10. The third-order valence-electron chi connectivity index (χ3n) is 2.79. The van der Waals surface area contributed by atoms with Crippen molar-refractivity contribution in [1.82, 2.24) is 10.3 Å². The number of pyridine rings is 1. The van der Waals surface area contributed by atoms with Crippen LogP contribution in [0.4, 0.5) is 5.69 Å². The Bertz CT molecular complexity index is 482. The van der Waals surface area contributed by atoms with Gasteiger partial charge in [0.1, 0.15) is 0 Å². The van der Waals surface area contributed by atoms with Gasteiger partial charge in [-0.15, -0.1) is 12.4 Å². The number of nitrogens with zero attached hydrogens (tertiary/aromatic N) is 1. The molecular weight excluding hydrogens is 222 g/mol. The van der Waals surface area contributed by atoms with Gasteiger partial charge in [0.2, 0.25) is 0 Å². The molecule has 1 aromatic carbocycles. The van der Waals surface area contributed by atoms with Crippen molar-refractivity contribution in [3.8, 4) is 0 Å². The SMILES string of the molecule is Cl.c1cc2cc(NC3CNC3)ccc2cn1. The zero-order chi connectivity index (χ0) is 10.1. The Labute approximate surface area is 101 Å². The van der Waals surface area contributed by atoms with Gasteiger partial charge in [0.15, 0.2) is 0 Å². The lowest BCUT2D eigenvalue weighted by molar-refractivity contribution is 0.472. The van der Waals surface area contributed by atoms with Crippen LogP contribution >= 0.6 is 12.4 Å². The van der Waals surface area contributed by atoms with Crippen LogP contribution in [0.3, 0.4) is 0 Å². The molecule has 0 radical (unpaired) electrons. The predicted octanol–water partition coefficient (Wildman–Crippen LogP) is 2.04. The molecule has 0 saturated carbocycles. The Morgan fingerprint density at radius 1 is 1.19 bits per heavy atom. The van der Waals surface area contributed by atoms with Crippen molar-refractivity contribution in [2.24, 2.45) is 0 Å². The van der Waals surface area contributed by atoms with E-state index in [9.17, 15) is 0 Å². The summed E-state index contributed by atoms with van der Waals surface area (Å²) in [6.07, 6.45) is 3.72. The standard InChI is InChI=1S/C12H13N3.ClH/c1-2-11(15-12-7-14-8-12)5-9-3-4-13-6-10(1)9;/h1-6,12,14-15H,7-8H2;1H. The van der Waals surface area contributed by atoms with Crippen LogP contribution < -0.4 is 10.6 Å². The van der Waals surface area contributed by atoms with Crippen molar-refractivity contribution in [1.29, 1.82) is 0 Å². The van der Waals surface area contributed by atoms with Crippen molar-refractivity contribution in [3.05, 3.63) is 36.7 Å². The molecule has 2 N–H and O–H groups in total. The van der Waals surface area contributed by atoms with Gasteiger partial charge in [0.25, 0.3) is 0 Å². The zero-order valence-electron chi connectivity index (χ0n) is 8.81. The van der Waals surface area contributed by atoms with Crippen LogP contribution in [-0.2, 0) is 0 Å². The maximum Gasteiger partial charge on any atom is 0.0510 e. The molecule has 3 rings (SSSR count). The molecular formula is C12H14ClN3. The highest BCUT2D eigenvalue weighted by molar-refractivity contribution is 5.85. The van der Waals surface area contributed by atoms with Gasteiger partial charge in [-0.2, -0.15) is 0 Å². The van der Waals surface area contributed by atoms with Gasteiger partial charge in [-0.25, -0.2) is 0 Å². The van der Waals surface area contributed by atoms with E-state index in [1.54, 1.807) is 0 Å². The molecule has 1 saturated heterocycles. The minimum Gasteiger partial charge on any atom is -0.380 e. The molecule has 1 aromatic heterocycles. The van der Waals surface area contributed by atoms with Crippen LogP contribution in [0.5, 0.6) is 0 Å². The van der Waals surface area contributed by atoms with Crippen LogP contribution in [0, 0.1) is 0 Å². The number of hydrogen-bond acceptors (Lipinski definition) is 3. The van der Waals surface area contributed by atoms with Crippen molar-refractivity contribution >= 4 is 28.9 Å². The first-order valence-corrected chi connectivity index (χ1v) is 5.23. The predicted molar refractivity (Wildman–Crippen MR) is 69.3 cm³/mol. The Kier molecular flexibility index (Phi) is 3.27. The molecule has 2 aromatic rings. The second kappa shape index (κ2) is 4.68. The highest BCUT2D eigenvalue weighted by atomic mass is 35.5. The molecule has 0 bridgehead atoms. The summed E-state index contributed by atoms with van der Waals surface area (Å²) in [5.74, 6) is 0. The molecule has 2 heterocycles. The second-order valence-electron chi connectivity index (χ2n) is 3.94. The Morgan fingerprint density at radius 3 is 2.81 bits per heavy atom. The molecule has 0 atom stereocenters. The van der Waals surface area contributed by atoms with Crippen LogP contribution in [0.25, 0.3) is 10.8 Å². The first kappa shape index (κ1) is 11.2. The molecule has 0 aliphatic carbocycles. The Hall–Kier alpha value is -1.32. The molecule has 1 fully saturated rings. The second-order valence-corrected chi connectivity index (χ2v) is 3.94. The first-order chi connectivity index (χ1) is 7.42. The third-order valence-corrected chi connectivity index (χ3v) is 2.79. The smallest absolute Gasteiger partial charge is 0.0510 e. The van der Waals surface area contributed by atoms with Gasteiger partial charge in [0.05, 0.1) is 6.04 Å². The highest BCUT2D eigenvalue weighted by Gasteiger charge is 2.15. The molecule has 84 valence electrons. The molecule has 0 spiro atoms. The molecule has 3 nitrogen and oxygen atoms in total. The lowest BCUT2D eigenvalue weighted by Crippen LogP contribution is -2.51. The summed E-state index contributed by atoms with van der Waals surface area (Å²) in [5.41, 5.74) is 1.19. The minimum atomic E-state index is 0. The van der Waals surface area contributed by atoms with Crippen molar-refractivity contribution in [3.63, 3.8) is 0 Å². The van der Waals surface area contributed by atoms with Gasteiger partial charge in [0, 0.05) is 36.6 Å². The monoisotopic (exact) mass is 235 g/mol. The fourth-order valence-corrected chi connectivity index (χ4v) is 1.80. The number of aromatic nitrogens is 1. The Balaban J connectivity index is 0.000000963. The highest BCUT2D eigenvalue weighted by Crippen LogP contribution is 2.18. The largest absolute Gasteiger partial charge is 0.380 e. The summed E-state index contributed by atoms with van der Waals surface area (Å²) in [7, 11) is 0. The average Bonchev–Trinajstić information content (AvgIpc) is 2.23. The molecule has 0 unspecified atom stereocenters. The van der Waals surface area contributed by atoms with E-state index in [2.05, 4.69) is 33.8 Å². The summed E-state index contributed by atoms with van der Waals surface area (Å²) < 4.78 is 0. The van der Waals surface area contributed by atoms with E-state index in [-0.39, 0.29) is 12.4 Å². The number of anilines is 1. The first-order valence-electron chi connectivity index (χ1n) is 5.23. The van der Waals surface area contributed by atoms with E-state index >= 15 is 0 Å². The van der Waals surface area contributed by atoms with E-state index in [1.165, 1.54) is 16.5 Å². The number of nitrogens with one attached hydrogen (secondary N) is 2. The normalized spacial score (nSPS) is 15.2. The maximum absolute atomic E-state index is 4.10. The Morgan fingerprint density at radius 2 is 2.06 bits per heavy atom. The lowest BCUT2D eigenvalue weighted by Gasteiger charge is -2.29. The van der Waals surface area contributed by atoms with Gasteiger partial charge >= 0.3 is 0 Å². The summed E-state index contributed by atoms with van der Waals surface area (Å²) in [6, 6.07) is 9.03. The van der Waals surface area contributed by atoms with E-state index in [1.807, 2.05) is 18.5 Å². The van der Waals surface area contributed by atoms with Crippen molar-refractivity contribution in [2.45, 2.75) is 6.04 Å². The summed E-state index contributed by atoms with van der Waals surface area (Å²) >= 11 is 0. The molecule has 16 heavy (non-hydrogen) atoms. The maximum atomic E-state index is 4.10. The fourth-order valence-electron chi connectivity index (χ4n) is 1.80. The van der Waals surface area contributed by atoms with Gasteiger partial charge < -0.3 is 10.6 Å². The molecule has 1 aliphatic heterocycles. The number of fused-ring (bicyclic) bond motifs is 1. The topological polar surface area (TPSA) is 37.0 Å². The lowest BCUT2D eigenvalue weighted by atomic mass is 10.1. The van der Waals surface area contributed by atoms with E-state index in [4.69, 9.17) is 0 Å². The number of halogens is 1. The molecule has 1 aliphatic rings. The van der Waals surface area contributed by atoms with Gasteiger partial charge in [-0.05, 0) is 23.6 Å². The van der Waals surface area contributed by atoms with Gasteiger partial charge in [-0.1, -0.05) is 6.07 Å². The minimum absolute atomic E-state index is 0. The van der Waals surface area contributed by atoms with Crippen molar-refractivity contribution in [2.75, 3.05) is 18.4 Å². The summed E-state index contributed by atoms with van der Waals surface area (Å²) in [6.45, 7) is 2.13. The summed E-state index contributed by atoms with van der Waals surface area (Å²) in [4.78, 5) is 4.10. The van der Waals surface area contributed by atoms with E-state index in [0.29, 0.717) is 6.04 Å². The fraction of sp³-hybridized carbons (Fsp3) is 0.250. The van der Waals surface area contributed by atoms with Crippen LogP contribution in [-0.4, -0.2) is 24.1 Å². The van der Waals surface area contributed by atoms with E-state index in [0.717, 1.165) is 13.1 Å². The average molecular weight is 236 g/mol. The van der Waals surface area contributed by atoms with Crippen LogP contribution in [0.2, 0.25) is 0 Å². The number of rotatable bonds is 2. The van der Waals surface area contributed by atoms with Crippen LogP contribution in [0.1, 0.15) is 0 Å². The zero-order valence-corrected chi connectivity index (χ0v) is 9.63. The van der Waals surface area contributed by atoms with Crippen molar-refractivity contribution < 1.29 is 0 Å². The summed E-state index contributed by atoms with van der Waals surface area (Å²) in [5, 5.41) is 9.16. The van der Waals surface area contributed by atoms with E-state index < -0.39 is 0 Å². The molecule has 4 heteroatoms. The quantitative estimate of drug-likeness (QED) is 0.837. The molecule has 0 amide bonds.